The second-order valence-electron chi connectivity index (χ2n) is 5.98. The Morgan fingerprint density at radius 3 is 2.91 bits per heavy atom. The summed E-state index contributed by atoms with van der Waals surface area (Å²) in [7, 11) is 0. The van der Waals surface area contributed by atoms with E-state index in [9.17, 15) is 9.59 Å². The van der Waals surface area contributed by atoms with Gasteiger partial charge in [0.25, 0.3) is 5.56 Å². The van der Waals surface area contributed by atoms with Crippen molar-refractivity contribution in [1.29, 1.82) is 0 Å². The molecule has 1 aliphatic rings. The van der Waals surface area contributed by atoms with Crippen LogP contribution in [0.1, 0.15) is 35.2 Å². The Balaban J connectivity index is 1.69. The molecule has 1 unspecified atom stereocenters. The molecule has 1 aliphatic heterocycles. The maximum atomic E-state index is 12.5. The summed E-state index contributed by atoms with van der Waals surface area (Å²) in [4.78, 5) is 30.7. The molecule has 7 heteroatoms. The standard InChI is InChI=1S/C16H20N4O2S/c1-11-5-6-14(21)20(18-11)9-15(22)19-7-3-4-13(8-19)16-17-12(2)10-23-16/h5-6,10,13H,3-4,7-9H2,1-2H3. The lowest BCUT2D eigenvalue weighted by Crippen LogP contribution is -2.42. The zero-order valence-electron chi connectivity index (χ0n) is 13.4. The molecule has 0 aliphatic carbocycles. The fraction of sp³-hybridized carbons (Fsp3) is 0.500. The number of piperidine rings is 1. The van der Waals surface area contributed by atoms with E-state index >= 15 is 0 Å². The van der Waals surface area contributed by atoms with E-state index in [0.29, 0.717) is 12.5 Å². The molecule has 1 fully saturated rings. The summed E-state index contributed by atoms with van der Waals surface area (Å²) in [6, 6.07) is 3.11. The Morgan fingerprint density at radius 1 is 1.35 bits per heavy atom. The van der Waals surface area contributed by atoms with E-state index < -0.39 is 0 Å². The number of rotatable bonds is 3. The number of nitrogens with zero attached hydrogens (tertiary/aromatic N) is 4. The van der Waals surface area contributed by atoms with Gasteiger partial charge in [0.05, 0.1) is 10.7 Å². The van der Waals surface area contributed by atoms with E-state index in [4.69, 9.17) is 0 Å². The van der Waals surface area contributed by atoms with E-state index in [0.717, 1.165) is 35.8 Å². The third kappa shape index (κ3) is 3.67. The maximum absolute atomic E-state index is 12.5. The van der Waals surface area contributed by atoms with Gasteiger partial charge < -0.3 is 4.90 Å². The number of aryl methyl sites for hydroxylation is 2. The summed E-state index contributed by atoms with van der Waals surface area (Å²) in [5, 5.41) is 7.29. The van der Waals surface area contributed by atoms with Crippen LogP contribution in [0.15, 0.2) is 22.3 Å². The minimum atomic E-state index is -0.243. The SMILES string of the molecule is Cc1csc(C2CCCN(C(=O)Cn3nc(C)ccc3=O)C2)n1. The molecule has 0 bridgehead atoms. The number of carbonyl (C=O) groups excluding carboxylic acids is 1. The first kappa shape index (κ1) is 15.9. The minimum Gasteiger partial charge on any atom is -0.340 e. The maximum Gasteiger partial charge on any atom is 0.267 e. The Labute approximate surface area is 138 Å². The van der Waals surface area contributed by atoms with E-state index in [2.05, 4.69) is 10.1 Å². The van der Waals surface area contributed by atoms with Crippen molar-refractivity contribution in [2.75, 3.05) is 13.1 Å². The van der Waals surface area contributed by atoms with Crippen LogP contribution in [0.4, 0.5) is 0 Å². The molecular weight excluding hydrogens is 312 g/mol. The van der Waals surface area contributed by atoms with Gasteiger partial charge in [0, 0.05) is 36.1 Å². The zero-order valence-corrected chi connectivity index (χ0v) is 14.2. The minimum absolute atomic E-state index is 0.00410. The fourth-order valence-corrected chi connectivity index (χ4v) is 3.78. The van der Waals surface area contributed by atoms with Crippen LogP contribution in [0.25, 0.3) is 0 Å². The molecule has 3 heterocycles. The van der Waals surface area contributed by atoms with E-state index in [1.165, 1.54) is 10.7 Å². The number of likely N-dealkylation sites (tertiary alicyclic amines) is 1. The van der Waals surface area contributed by atoms with Gasteiger partial charge in [-0.3, -0.25) is 9.59 Å². The average molecular weight is 332 g/mol. The van der Waals surface area contributed by atoms with Crippen molar-refractivity contribution in [2.24, 2.45) is 0 Å². The highest BCUT2D eigenvalue weighted by Crippen LogP contribution is 2.29. The van der Waals surface area contributed by atoms with E-state index in [1.807, 2.05) is 24.1 Å². The van der Waals surface area contributed by atoms with Crippen molar-refractivity contribution < 1.29 is 4.79 Å². The average Bonchev–Trinajstić information content (AvgIpc) is 2.97. The summed E-state index contributed by atoms with van der Waals surface area (Å²) >= 11 is 1.66. The second kappa shape index (κ2) is 6.62. The van der Waals surface area contributed by atoms with Crippen molar-refractivity contribution >= 4 is 17.2 Å². The first-order valence-electron chi connectivity index (χ1n) is 7.77. The van der Waals surface area contributed by atoms with Crippen LogP contribution in [0.3, 0.4) is 0 Å². The number of carbonyl (C=O) groups is 1. The fourth-order valence-electron chi connectivity index (χ4n) is 2.86. The summed E-state index contributed by atoms with van der Waals surface area (Å²) in [6.45, 7) is 5.21. The highest BCUT2D eigenvalue weighted by Gasteiger charge is 2.26. The topological polar surface area (TPSA) is 68.1 Å². The summed E-state index contributed by atoms with van der Waals surface area (Å²) in [5.41, 5.74) is 1.52. The third-order valence-electron chi connectivity index (χ3n) is 4.05. The molecule has 0 N–H and O–H groups in total. The van der Waals surface area contributed by atoms with Crippen molar-refractivity contribution in [3.63, 3.8) is 0 Å². The predicted octanol–water partition coefficient (Wildman–Crippen LogP) is 1.72. The van der Waals surface area contributed by atoms with Crippen molar-refractivity contribution in [1.82, 2.24) is 19.7 Å². The molecule has 122 valence electrons. The summed E-state index contributed by atoms with van der Waals surface area (Å²) < 4.78 is 1.24. The first-order chi connectivity index (χ1) is 11.0. The Morgan fingerprint density at radius 2 is 2.17 bits per heavy atom. The molecule has 1 atom stereocenters. The van der Waals surface area contributed by atoms with Crippen LogP contribution in [0.5, 0.6) is 0 Å². The van der Waals surface area contributed by atoms with Gasteiger partial charge >= 0.3 is 0 Å². The van der Waals surface area contributed by atoms with Gasteiger partial charge in [-0.15, -0.1) is 11.3 Å². The molecule has 2 aromatic heterocycles. The lowest BCUT2D eigenvalue weighted by Gasteiger charge is -2.31. The molecule has 1 saturated heterocycles. The normalized spacial score (nSPS) is 18.2. The van der Waals surface area contributed by atoms with E-state index in [-0.39, 0.29) is 18.0 Å². The molecule has 0 aromatic carbocycles. The highest BCUT2D eigenvalue weighted by molar-refractivity contribution is 7.09. The summed E-state index contributed by atoms with van der Waals surface area (Å²) in [5.74, 6) is 0.247. The van der Waals surface area contributed by atoms with Crippen molar-refractivity contribution in [3.8, 4) is 0 Å². The van der Waals surface area contributed by atoms with Gasteiger partial charge in [-0.2, -0.15) is 5.10 Å². The van der Waals surface area contributed by atoms with Gasteiger partial charge in [-0.05, 0) is 32.8 Å². The Kier molecular flexibility index (Phi) is 4.56. The predicted molar refractivity (Wildman–Crippen MR) is 88.6 cm³/mol. The van der Waals surface area contributed by atoms with E-state index in [1.54, 1.807) is 17.4 Å². The largest absolute Gasteiger partial charge is 0.340 e. The third-order valence-corrected chi connectivity index (χ3v) is 5.17. The first-order valence-corrected chi connectivity index (χ1v) is 8.65. The Hall–Kier alpha value is -2.02. The number of amides is 1. The van der Waals surface area contributed by atoms with Crippen molar-refractivity contribution in [2.45, 2.75) is 39.2 Å². The van der Waals surface area contributed by atoms with Crippen LogP contribution in [-0.4, -0.2) is 38.7 Å². The smallest absolute Gasteiger partial charge is 0.267 e. The van der Waals surface area contributed by atoms with Crippen LogP contribution < -0.4 is 5.56 Å². The lowest BCUT2D eigenvalue weighted by atomic mass is 9.98. The van der Waals surface area contributed by atoms with Crippen LogP contribution >= 0.6 is 11.3 Å². The van der Waals surface area contributed by atoms with Gasteiger partial charge in [-0.1, -0.05) is 0 Å². The van der Waals surface area contributed by atoms with Crippen LogP contribution in [-0.2, 0) is 11.3 Å². The number of aromatic nitrogens is 3. The monoisotopic (exact) mass is 332 g/mol. The molecule has 0 spiro atoms. The highest BCUT2D eigenvalue weighted by atomic mass is 32.1. The van der Waals surface area contributed by atoms with Crippen LogP contribution in [0, 0.1) is 13.8 Å². The molecule has 0 radical (unpaired) electrons. The number of hydrogen-bond acceptors (Lipinski definition) is 5. The molecule has 0 saturated carbocycles. The Bertz CT molecular complexity index is 767. The molecule has 6 nitrogen and oxygen atoms in total. The van der Waals surface area contributed by atoms with Gasteiger partial charge in [0.1, 0.15) is 6.54 Å². The van der Waals surface area contributed by atoms with Gasteiger partial charge in [0.15, 0.2) is 0 Å². The molecule has 3 rings (SSSR count). The van der Waals surface area contributed by atoms with Crippen LogP contribution in [0.2, 0.25) is 0 Å². The molecule has 1 amide bonds. The number of thiazole rings is 1. The second-order valence-corrected chi connectivity index (χ2v) is 6.87. The van der Waals surface area contributed by atoms with Gasteiger partial charge in [-0.25, -0.2) is 9.67 Å². The molecular formula is C16H20N4O2S. The quantitative estimate of drug-likeness (QED) is 0.858. The molecule has 2 aromatic rings. The molecule has 23 heavy (non-hydrogen) atoms. The lowest BCUT2D eigenvalue weighted by molar-refractivity contribution is -0.133. The number of hydrogen-bond donors (Lipinski definition) is 0. The zero-order chi connectivity index (χ0) is 16.4. The van der Waals surface area contributed by atoms with Gasteiger partial charge in [0.2, 0.25) is 5.91 Å². The van der Waals surface area contributed by atoms with Crippen molar-refractivity contribution in [3.05, 3.63) is 44.3 Å². The summed E-state index contributed by atoms with van der Waals surface area (Å²) in [6.07, 6.45) is 2.02.